The van der Waals surface area contributed by atoms with Crippen LogP contribution in [0, 0.1) is 0 Å². The molecule has 0 spiro atoms. The number of rotatable bonds is 3. The molecule has 2 aromatic heterocycles. The summed E-state index contributed by atoms with van der Waals surface area (Å²) in [5, 5.41) is 4.79. The molecule has 0 unspecified atom stereocenters. The molecule has 40 heavy (non-hydrogen) atoms. The van der Waals surface area contributed by atoms with Crippen molar-refractivity contribution in [1.82, 2.24) is 4.98 Å². The summed E-state index contributed by atoms with van der Waals surface area (Å²) in [6, 6.07) is 47.4. The molecule has 2 nitrogen and oxygen atoms in total. The minimum absolute atomic E-state index is 0.920. The summed E-state index contributed by atoms with van der Waals surface area (Å²) in [5.41, 5.74) is 11.4. The summed E-state index contributed by atoms with van der Waals surface area (Å²) in [6.07, 6.45) is 0. The van der Waals surface area contributed by atoms with Gasteiger partial charge in [0.15, 0.2) is 0 Å². The fourth-order valence-corrected chi connectivity index (χ4v) is 5.74. The Morgan fingerprint density at radius 1 is 0.425 bits per heavy atom. The largest absolute Gasteiger partial charge is 0.456 e. The van der Waals surface area contributed by atoms with Crippen LogP contribution in [0.4, 0.5) is 0 Å². The SMILES string of the molecule is CC.c1ccc(-c2ccc3[nH]c4c(-c5cccc(-c6ccc7oc8ccccc8c7c6)c5)cccc4c3c2)cc1. The zero-order valence-corrected chi connectivity index (χ0v) is 22.6. The topological polar surface area (TPSA) is 28.9 Å². The maximum atomic E-state index is 6.05. The van der Waals surface area contributed by atoms with Crippen molar-refractivity contribution < 1.29 is 4.42 Å². The molecular formula is C38H29NO. The van der Waals surface area contributed by atoms with E-state index in [2.05, 4.69) is 126 Å². The molecule has 0 atom stereocenters. The number of hydrogen-bond acceptors (Lipinski definition) is 1. The number of benzene rings is 6. The monoisotopic (exact) mass is 515 g/mol. The van der Waals surface area contributed by atoms with Crippen LogP contribution in [0.5, 0.6) is 0 Å². The van der Waals surface area contributed by atoms with Crippen molar-refractivity contribution in [3.8, 4) is 33.4 Å². The maximum absolute atomic E-state index is 6.05. The molecule has 0 saturated carbocycles. The van der Waals surface area contributed by atoms with Gasteiger partial charge in [-0.05, 0) is 64.2 Å². The van der Waals surface area contributed by atoms with E-state index < -0.39 is 0 Å². The quantitative estimate of drug-likeness (QED) is 0.249. The van der Waals surface area contributed by atoms with E-state index in [9.17, 15) is 0 Å². The van der Waals surface area contributed by atoms with Crippen LogP contribution in [-0.4, -0.2) is 4.98 Å². The summed E-state index contributed by atoms with van der Waals surface area (Å²) in [6.45, 7) is 4.00. The summed E-state index contributed by atoms with van der Waals surface area (Å²) in [7, 11) is 0. The van der Waals surface area contributed by atoms with Crippen molar-refractivity contribution in [3.63, 3.8) is 0 Å². The third kappa shape index (κ3) is 3.97. The molecule has 0 amide bonds. The van der Waals surface area contributed by atoms with Crippen LogP contribution in [0.25, 0.3) is 77.1 Å². The molecule has 8 rings (SSSR count). The summed E-state index contributed by atoms with van der Waals surface area (Å²) < 4.78 is 6.05. The minimum Gasteiger partial charge on any atom is -0.456 e. The van der Waals surface area contributed by atoms with E-state index in [-0.39, 0.29) is 0 Å². The molecule has 0 fully saturated rings. The van der Waals surface area contributed by atoms with Gasteiger partial charge in [-0.2, -0.15) is 0 Å². The van der Waals surface area contributed by atoms with E-state index >= 15 is 0 Å². The highest BCUT2D eigenvalue weighted by Crippen LogP contribution is 2.37. The van der Waals surface area contributed by atoms with Gasteiger partial charge in [-0.3, -0.25) is 0 Å². The van der Waals surface area contributed by atoms with Gasteiger partial charge >= 0.3 is 0 Å². The predicted octanol–water partition coefficient (Wildman–Crippen LogP) is 11.2. The van der Waals surface area contributed by atoms with E-state index in [0.717, 1.165) is 27.5 Å². The van der Waals surface area contributed by atoms with Crippen LogP contribution < -0.4 is 0 Å². The molecule has 2 heteroatoms. The molecule has 2 heterocycles. The maximum Gasteiger partial charge on any atom is 0.135 e. The molecule has 0 saturated heterocycles. The lowest BCUT2D eigenvalue weighted by atomic mass is 9.96. The molecule has 0 aliphatic carbocycles. The molecule has 8 aromatic rings. The van der Waals surface area contributed by atoms with Crippen molar-refractivity contribution in [2.75, 3.05) is 0 Å². The van der Waals surface area contributed by atoms with Gasteiger partial charge in [0.05, 0.1) is 5.52 Å². The third-order valence-corrected chi connectivity index (χ3v) is 7.62. The zero-order chi connectivity index (χ0) is 27.1. The van der Waals surface area contributed by atoms with Crippen molar-refractivity contribution in [3.05, 3.63) is 133 Å². The predicted molar refractivity (Wildman–Crippen MR) is 171 cm³/mol. The first kappa shape index (κ1) is 24.0. The number of fused-ring (bicyclic) bond motifs is 6. The second kappa shape index (κ2) is 9.91. The average Bonchev–Trinajstić information content (AvgIpc) is 3.60. The Balaban J connectivity index is 0.00000130. The minimum atomic E-state index is 0.920. The Morgan fingerprint density at radius 2 is 1.05 bits per heavy atom. The molecular weight excluding hydrogens is 486 g/mol. The number of furan rings is 1. The average molecular weight is 516 g/mol. The molecule has 0 radical (unpaired) electrons. The molecule has 0 aliphatic heterocycles. The van der Waals surface area contributed by atoms with Gasteiger partial charge in [0.25, 0.3) is 0 Å². The van der Waals surface area contributed by atoms with E-state index in [1.807, 2.05) is 26.0 Å². The third-order valence-electron chi connectivity index (χ3n) is 7.62. The van der Waals surface area contributed by atoms with Gasteiger partial charge in [-0.25, -0.2) is 0 Å². The Kier molecular flexibility index (Phi) is 5.94. The van der Waals surface area contributed by atoms with Gasteiger partial charge in [-0.1, -0.05) is 111 Å². The van der Waals surface area contributed by atoms with Crippen molar-refractivity contribution >= 4 is 43.7 Å². The number of hydrogen-bond donors (Lipinski definition) is 1. The van der Waals surface area contributed by atoms with Gasteiger partial charge < -0.3 is 9.40 Å². The van der Waals surface area contributed by atoms with E-state index in [4.69, 9.17) is 4.42 Å². The fourth-order valence-electron chi connectivity index (χ4n) is 5.74. The number of para-hydroxylation sites is 2. The highest BCUT2D eigenvalue weighted by atomic mass is 16.3. The van der Waals surface area contributed by atoms with Crippen LogP contribution in [0.15, 0.2) is 138 Å². The van der Waals surface area contributed by atoms with E-state index in [1.165, 1.54) is 49.7 Å². The van der Waals surface area contributed by atoms with Crippen LogP contribution >= 0.6 is 0 Å². The summed E-state index contributed by atoms with van der Waals surface area (Å²) in [5.74, 6) is 0. The Labute approximate surface area is 233 Å². The number of nitrogens with one attached hydrogen (secondary N) is 1. The second-order valence-corrected chi connectivity index (χ2v) is 9.87. The lowest BCUT2D eigenvalue weighted by Crippen LogP contribution is -1.83. The number of aromatic amines is 1. The number of aromatic nitrogens is 1. The van der Waals surface area contributed by atoms with E-state index in [1.54, 1.807) is 0 Å². The smallest absolute Gasteiger partial charge is 0.135 e. The molecule has 6 aromatic carbocycles. The highest BCUT2D eigenvalue weighted by Gasteiger charge is 2.13. The van der Waals surface area contributed by atoms with Crippen LogP contribution in [0.1, 0.15) is 13.8 Å². The molecule has 1 N–H and O–H groups in total. The summed E-state index contributed by atoms with van der Waals surface area (Å²) >= 11 is 0. The first-order valence-electron chi connectivity index (χ1n) is 13.9. The molecule has 192 valence electrons. The Morgan fingerprint density at radius 3 is 1.95 bits per heavy atom. The second-order valence-electron chi connectivity index (χ2n) is 9.87. The lowest BCUT2D eigenvalue weighted by molar-refractivity contribution is 0.669. The van der Waals surface area contributed by atoms with Gasteiger partial charge in [0.1, 0.15) is 11.2 Å². The lowest BCUT2D eigenvalue weighted by Gasteiger charge is -2.08. The summed E-state index contributed by atoms with van der Waals surface area (Å²) in [4.78, 5) is 3.71. The van der Waals surface area contributed by atoms with Crippen LogP contribution in [0.2, 0.25) is 0 Å². The van der Waals surface area contributed by atoms with E-state index in [0.29, 0.717) is 0 Å². The Hall–Kier alpha value is -5.08. The standard InChI is InChI=1S/C36H23NO.C2H6/c1-2-8-23(9-3-1)25-16-18-33-31(21-25)30-14-7-13-28(36(30)37-33)27-11-6-10-24(20-27)26-17-19-35-32(22-26)29-12-4-5-15-34(29)38-35;1-2/h1-22,37H;1-2H3. The first-order chi connectivity index (χ1) is 19.8. The highest BCUT2D eigenvalue weighted by molar-refractivity contribution is 6.13. The van der Waals surface area contributed by atoms with Crippen LogP contribution in [-0.2, 0) is 0 Å². The fraction of sp³-hybridized carbons (Fsp3) is 0.0526. The normalized spacial score (nSPS) is 11.2. The van der Waals surface area contributed by atoms with Gasteiger partial charge in [0, 0.05) is 32.6 Å². The zero-order valence-electron chi connectivity index (χ0n) is 22.6. The first-order valence-corrected chi connectivity index (χ1v) is 13.9. The van der Waals surface area contributed by atoms with Gasteiger partial charge in [0.2, 0.25) is 0 Å². The Bertz CT molecular complexity index is 2130. The van der Waals surface area contributed by atoms with Crippen molar-refractivity contribution in [1.29, 1.82) is 0 Å². The van der Waals surface area contributed by atoms with Gasteiger partial charge in [-0.15, -0.1) is 0 Å². The number of H-pyrrole nitrogens is 1. The van der Waals surface area contributed by atoms with Crippen molar-refractivity contribution in [2.24, 2.45) is 0 Å². The van der Waals surface area contributed by atoms with Crippen LogP contribution in [0.3, 0.4) is 0 Å². The van der Waals surface area contributed by atoms with Crippen molar-refractivity contribution in [2.45, 2.75) is 13.8 Å². The molecule has 0 aliphatic rings. The molecule has 0 bridgehead atoms.